The zero-order valence-electron chi connectivity index (χ0n) is 11.3. The van der Waals surface area contributed by atoms with E-state index in [4.69, 9.17) is 11.6 Å². The SMILES string of the molecule is CC(C)N(Cc1ccccc1)Cc1ccc(Cl)nn1. The van der Waals surface area contributed by atoms with Crippen molar-refractivity contribution in [2.75, 3.05) is 0 Å². The molecule has 0 atom stereocenters. The molecule has 0 unspecified atom stereocenters. The van der Waals surface area contributed by atoms with Crippen LogP contribution in [0.15, 0.2) is 42.5 Å². The third-order valence-corrected chi connectivity index (χ3v) is 3.21. The van der Waals surface area contributed by atoms with Crippen LogP contribution >= 0.6 is 11.6 Å². The van der Waals surface area contributed by atoms with Crippen molar-refractivity contribution >= 4 is 11.6 Å². The first-order valence-electron chi connectivity index (χ1n) is 6.41. The Kier molecular flexibility index (Phi) is 4.88. The predicted octanol–water partition coefficient (Wildman–Crippen LogP) is 3.54. The molecule has 19 heavy (non-hydrogen) atoms. The molecular weight excluding hydrogens is 258 g/mol. The van der Waals surface area contributed by atoms with Crippen molar-refractivity contribution in [1.82, 2.24) is 15.1 Å². The normalized spacial score (nSPS) is 11.2. The van der Waals surface area contributed by atoms with Gasteiger partial charge in [-0.1, -0.05) is 41.9 Å². The summed E-state index contributed by atoms with van der Waals surface area (Å²) in [5.74, 6) is 0. The number of hydrogen-bond donors (Lipinski definition) is 0. The summed E-state index contributed by atoms with van der Waals surface area (Å²) in [6.07, 6.45) is 0. The molecule has 0 radical (unpaired) electrons. The zero-order chi connectivity index (χ0) is 13.7. The monoisotopic (exact) mass is 275 g/mol. The number of aromatic nitrogens is 2. The minimum Gasteiger partial charge on any atom is -0.291 e. The van der Waals surface area contributed by atoms with Gasteiger partial charge in [-0.15, -0.1) is 5.10 Å². The molecule has 1 aromatic carbocycles. The van der Waals surface area contributed by atoms with Crippen LogP contribution in [0.2, 0.25) is 5.15 Å². The molecule has 0 aliphatic rings. The van der Waals surface area contributed by atoms with Crippen LogP contribution in [-0.4, -0.2) is 21.1 Å². The first kappa shape index (κ1) is 14.0. The van der Waals surface area contributed by atoms with Gasteiger partial charge in [0.2, 0.25) is 0 Å². The van der Waals surface area contributed by atoms with Crippen LogP contribution in [0.5, 0.6) is 0 Å². The average Bonchev–Trinajstić information content (AvgIpc) is 2.41. The highest BCUT2D eigenvalue weighted by Gasteiger charge is 2.11. The van der Waals surface area contributed by atoms with Crippen molar-refractivity contribution in [2.24, 2.45) is 0 Å². The van der Waals surface area contributed by atoms with Gasteiger partial charge in [-0.05, 0) is 31.5 Å². The minimum atomic E-state index is 0.433. The Hall–Kier alpha value is -1.45. The van der Waals surface area contributed by atoms with E-state index in [0.29, 0.717) is 11.2 Å². The Labute approximate surface area is 119 Å². The zero-order valence-corrected chi connectivity index (χ0v) is 12.0. The second-order valence-corrected chi connectivity index (χ2v) is 5.22. The molecular formula is C15H18ClN3. The van der Waals surface area contributed by atoms with Crippen molar-refractivity contribution in [3.63, 3.8) is 0 Å². The highest BCUT2D eigenvalue weighted by atomic mass is 35.5. The molecule has 0 aliphatic carbocycles. The third-order valence-electron chi connectivity index (χ3n) is 3.01. The Morgan fingerprint density at radius 1 is 1.00 bits per heavy atom. The largest absolute Gasteiger partial charge is 0.291 e. The number of halogens is 1. The lowest BCUT2D eigenvalue weighted by Crippen LogP contribution is -2.30. The van der Waals surface area contributed by atoms with E-state index in [2.05, 4.69) is 53.2 Å². The molecule has 0 saturated heterocycles. The molecule has 100 valence electrons. The molecule has 0 fully saturated rings. The number of nitrogens with zero attached hydrogens (tertiary/aromatic N) is 3. The Bertz CT molecular complexity index is 497. The fourth-order valence-electron chi connectivity index (χ4n) is 1.87. The average molecular weight is 276 g/mol. The molecule has 3 nitrogen and oxygen atoms in total. The van der Waals surface area contributed by atoms with Gasteiger partial charge in [0.25, 0.3) is 0 Å². The molecule has 0 amide bonds. The summed E-state index contributed by atoms with van der Waals surface area (Å²) in [5.41, 5.74) is 2.24. The van der Waals surface area contributed by atoms with E-state index in [9.17, 15) is 0 Å². The maximum Gasteiger partial charge on any atom is 0.151 e. The van der Waals surface area contributed by atoms with Crippen molar-refractivity contribution in [3.8, 4) is 0 Å². The second kappa shape index (κ2) is 6.64. The van der Waals surface area contributed by atoms with Gasteiger partial charge in [0, 0.05) is 19.1 Å². The van der Waals surface area contributed by atoms with Gasteiger partial charge in [0.05, 0.1) is 5.69 Å². The first-order valence-corrected chi connectivity index (χ1v) is 6.79. The van der Waals surface area contributed by atoms with E-state index in [1.165, 1.54) is 5.56 Å². The summed E-state index contributed by atoms with van der Waals surface area (Å²) < 4.78 is 0. The van der Waals surface area contributed by atoms with Crippen molar-refractivity contribution in [3.05, 3.63) is 58.9 Å². The maximum absolute atomic E-state index is 5.75. The lowest BCUT2D eigenvalue weighted by molar-refractivity contribution is 0.200. The van der Waals surface area contributed by atoms with Gasteiger partial charge in [0.15, 0.2) is 5.15 Å². The molecule has 4 heteroatoms. The van der Waals surface area contributed by atoms with E-state index < -0.39 is 0 Å². The fraction of sp³-hybridized carbons (Fsp3) is 0.333. The van der Waals surface area contributed by atoms with E-state index in [1.807, 2.05) is 12.1 Å². The van der Waals surface area contributed by atoms with Crippen LogP contribution in [-0.2, 0) is 13.1 Å². The summed E-state index contributed by atoms with van der Waals surface area (Å²) in [4.78, 5) is 2.35. The van der Waals surface area contributed by atoms with Crippen LogP contribution in [0.4, 0.5) is 0 Å². The Morgan fingerprint density at radius 3 is 2.32 bits per heavy atom. The highest BCUT2D eigenvalue weighted by Crippen LogP contribution is 2.12. The summed E-state index contributed by atoms with van der Waals surface area (Å²) in [7, 11) is 0. The number of benzene rings is 1. The van der Waals surface area contributed by atoms with E-state index in [1.54, 1.807) is 6.07 Å². The molecule has 1 heterocycles. The lowest BCUT2D eigenvalue weighted by Gasteiger charge is -2.26. The maximum atomic E-state index is 5.75. The lowest BCUT2D eigenvalue weighted by atomic mass is 10.2. The van der Waals surface area contributed by atoms with Gasteiger partial charge in [-0.3, -0.25) is 4.90 Å². The van der Waals surface area contributed by atoms with Crippen molar-refractivity contribution in [1.29, 1.82) is 0 Å². The molecule has 2 rings (SSSR count). The fourth-order valence-corrected chi connectivity index (χ4v) is 1.98. The van der Waals surface area contributed by atoms with Gasteiger partial charge < -0.3 is 0 Å². The van der Waals surface area contributed by atoms with Crippen LogP contribution in [0.3, 0.4) is 0 Å². The highest BCUT2D eigenvalue weighted by molar-refractivity contribution is 6.29. The first-order chi connectivity index (χ1) is 9.15. The van der Waals surface area contributed by atoms with E-state index in [0.717, 1.165) is 18.8 Å². The summed E-state index contributed by atoms with van der Waals surface area (Å²) >= 11 is 5.75. The summed E-state index contributed by atoms with van der Waals surface area (Å²) in [6, 6.07) is 14.6. The standard InChI is InChI=1S/C15H18ClN3/c1-12(2)19(10-13-6-4-3-5-7-13)11-14-8-9-15(16)18-17-14/h3-9,12H,10-11H2,1-2H3. The second-order valence-electron chi connectivity index (χ2n) is 4.83. The van der Waals surface area contributed by atoms with Gasteiger partial charge in [-0.25, -0.2) is 0 Å². The third kappa shape index (κ3) is 4.30. The van der Waals surface area contributed by atoms with Gasteiger partial charge in [-0.2, -0.15) is 5.10 Å². The molecule has 0 bridgehead atoms. The molecule has 2 aromatic rings. The molecule has 0 spiro atoms. The van der Waals surface area contributed by atoms with Crippen LogP contribution < -0.4 is 0 Å². The molecule has 0 aliphatic heterocycles. The van der Waals surface area contributed by atoms with E-state index >= 15 is 0 Å². The van der Waals surface area contributed by atoms with Crippen molar-refractivity contribution in [2.45, 2.75) is 33.0 Å². The molecule has 0 saturated carbocycles. The smallest absolute Gasteiger partial charge is 0.151 e. The quantitative estimate of drug-likeness (QED) is 0.836. The van der Waals surface area contributed by atoms with Gasteiger partial charge >= 0.3 is 0 Å². The number of hydrogen-bond acceptors (Lipinski definition) is 3. The minimum absolute atomic E-state index is 0.433. The number of rotatable bonds is 5. The van der Waals surface area contributed by atoms with Crippen LogP contribution in [0.25, 0.3) is 0 Å². The molecule has 1 aromatic heterocycles. The Morgan fingerprint density at radius 2 is 1.74 bits per heavy atom. The van der Waals surface area contributed by atoms with E-state index in [-0.39, 0.29) is 0 Å². The molecule has 0 N–H and O–H groups in total. The van der Waals surface area contributed by atoms with Crippen LogP contribution in [0, 0.1) is 0 Å². The van der Waals surface area contributed by atoms with Crippen LogP contribution in [0.1, 0.15) is 25.1 Å². The van der Waals surface area contributed by atoms with Gasteiger partial charge in [0.1, 0.15) is 0 Å². The Balaban J connectivity index is 2.06. The summed E-state index contributed by atoms with van der Waals surface area (Å²) in [6.45, 7) is 6.05. The summed E-state index contributed by atoms with van der Waals surface area (Å²) in [5, 5.41) is 8.44. The topological polar surface area (TPSA) is 29.0 Å². The predicted molar refractivity (Wildman–Crippen MR) is 77.9 cm³/mol. The van der Waals surface area contributed by atoms with Crippen molar-refractivity contribution < 1.29 is 0 Å².